The van der Waals surface area contributed by atoms with E-state index in [1.807, 2.05) is 4.90 Å². The minimum Gasteiger partial charge on any atom is -0.339 e. The minimum absolute atomic E-state index is 0.253. The number of carbonyl (C=O) groups is 1. The van der Waals surface area contributed by atoms with Crippen molar-refractivity contribution in [2.45, 2.75) is 25.8 Å². The predicted octanol–water partition coefficient (Wildman–Crippen LogP) is 0.313. The summed E-state index contributed by atoms with van der Waals surface area (Å²) < 4.78 is 0. The zero-order valence-electron chi connectivity index (χ0n) is 7.62. The molecule has 0 N–H and O–H groups in total. The lowest BCUT2D eigenvalue weighted by Crippen LogP contribution is -2.40. The number of hydrogen-bond donors (Lipinski definition) is 0. The Labute approximate surface area is 73.3 Å². The lowest BCUT2D eigenvalue weighted by molar-refractivity contribution is -0.130. The summed E-state index contributed by atoms with van der Waals surface area (Å²) in [5.41, 5.74) is 0. The van der Waals surface area contributed by atoms with Gasteiger partial charge in [0.15, 0.2) is 0 Å². The third kappa shape index (κ3) is 1.33. The average Bonchev–Trinajstić information content (AvgIpc) is 2.36. The number of amides is 1. The predicted molar refractivity (Wildman–Crippen MR) is 46.8 cm³/mol. The molecule has 0 aromatic rings. The van der Waals surface area contributed by atoms with Gasteiger partial charge in [-0.25, -0.2) is 0 Å². The van der Waals surface area contributed by atoms with Crippen LogP contribution in [0.25, 0.3) is 0 Å². The van der Waals surface area contributed by atoms with Crippen LogP contribution < -0.4 is 0 Å². The molecule has 0 aromatic carbocycles. The van der Waals surface area contributed by atoms with E-state index in [9.17, 15) is 4.79 Å². The van der Waals surface area contributed by atoms with Crippen molar-refractivity contribution in [1.82, 2.24) is 9.80 Å². The lowest BCUT2D eigenvalue weighted by Gasteiger charge is -2.30. The van der Waals surface area contributed by atoms with Crippen LogP contribution >= 0.6 is 0 Å². The maximum Gasteiger partial charge on any atom is 0.219 e. The number of nitrogens with zero attached hydrogens (tertiary/aromatic N) is 2. The molecule has 3 heterocycles. The molecule has 3 aliphatic heterocycles. The molecule has 3 heteroatoms. The Hall–Kier alpha value is -0.570. The highest BCUT2D eigenvalue weighted by atomic mass is 16.2. The van der Waals surface area contributed by atoms with Gasteiger partial charge in [-0.1, -0.05) is 0 Å². The van der Waals surface area contributed by atoms with Crippen molar-refractivity contribution in [1.29, 1.82) is 0 Å². The molecular weight excluding hydrogens is 152 g/mol. The highest BCUT2D eigenvalue weighted by Crippen LogP contribution is 2.20. The SMILES string of the molecule is CC(=O)N1CCN2CCC1CC2. The van der Waals surface area contributed by atoms with Gasteiger partial charge in [0.05, 0.1) is 0 Å². The molecule has 0 saturated carbocycles. The average molecular weight is 168 g/mol. The lowest BCUT2D eigenvalue weighted by atomic mass is 10.1. The van der Waals surface area contributed by atoms with E-state index in [0.29, 0.717) is 6.04 Å². The monoisotopic (exact) mass is 168 g/mol. The molecule has 3 fully saturated rings. The van der Waals surface area contributed by atoms with Crippen LogP contribution in [-0.2, 0) is 4.79 Å². The second kappa shape index (κ2) is 3.05. The van der Waals surface area contributed by atoms with Gasteiger partial charge in [-0.2, -0.15) is 0 Å². The summed E-state index contributed by atoms with van der Waals surface area (Å²) in [5.74, 6) is 0.253. The molecule has 0 atom stereocenters. The minimum atomic E-state index is 0.253. The number of hydrogen-bond acceptors (Lipinski definition) is 2. The van der Waals surface area contributed by atoms with Crippen LogP contribution in [0.3, 0.4) is 0 Å². The molecule has 0 unspecified atom stereocenters. The molecule has 3 nitrogen and oxygen atoms in total. The highest BCUT2D eigenvalue weighted by Gasteiger charge is 2.29. The van der Waals surface area contributed by atoms with Gasteiger partial charge in [0.25, 0.3) is 0 Å². The van der Waals surface area contributed by atoms with Crippen molar-refractivity contribution < 1.29 is 4.79 Å². The summed E-state index contributed by atoms with van der Waals surface area (Å²) in [6.45, 7) is 6.09. The normalized spacial score (nSPS) is 34.9. The van der Waals surface area contributed by atoms with Gasteiger partial charge in [-0.15, -0.1) is 0 Å². The van der Waals surface area contributed by atoms with E-state index in [1.165, 1.54) is 25.9 Å². The van der Waals surface area contributed by atoms with Crippen LogP contribution in [0, 0.1) is 0 Å². The zero-order chi connectivity index (χ0) is 8.55. The Morgan fingerprint density at radius 1 is 1.17 bits per heavy atom. The highest BCUT2D eigenvalue weighted by molar-refractivity contribution is 5.73. The van der Waals surface area contributed by atoms with Gasteiger partial charge >= 0.3 is 0 Å². The van der Waals surface area contributed by atoms with Crippen LogP contribution in [0.15, 0.2) is 0 Å². The number of rotatable bonds is 0. The van der Waals surface area contributed by atoms with Crippen molar-refractivity contribution in [2.75, 3.05) is 26.2 Å². The van der Waals surface area contributed by atoms with Crippen molar-refractivity contribution >= 4 is 5.91 Å². The van der Waals surface area contributed by atoms with Crippen LogP contribution in [0.5, 0.6) is 0 Å². The molecule has 0 spiro atoms. The van der Waals surface area contributed by atoms with E-state index in [4.69, 9.17) is 0 Å². The first-order valence-electron chi connectivity index (χ1n) is 4.77. The van der Waals surface area contributed by atoms with Crippen LogP contribution in [0.4, 0.5) is 0 Å². The quantitative estimate of drug-likeness (QED) is 0.520. The van der Waals surface area contributed by atoms with Gasteiger partial charge in [0.1, 0.15) is 0 Å². The Morgan fingerprint density at radius 2 is 1.83 bits per heavy atom. The Balaban J connectivity index is 2.10. The van der Waals surface area contributed by atoms with Gasteiger partial charge in [0, 0.05) is 39.1 Å². The molecular formula is C9H16N2O. The fraction of sp³-hybridized carbons (Fsp3) is 0.889. The molecule has 3 saturated heterocycles. The molecule has 0 aromatic heterocycles. The maximum absolute atomic E-state index is 11.2. The molecule has 68 valence electrons. The van der Waals surface area contributed by atoms with E-state index in [2.05, 4.69) is 4.90 Å². The molecule has 2 bridgehead atoms. The van der Waals surface area contributed by atoms with Crippen molar-refractivity contribution in [3.63, 3.8) is 0 Å². The molecule has 3 rings (SSSR count). The first kappa shape index (κ1) is 8.05. The second-order valence-electron chi connectivity index (χ2n) is 3.79. The zero-order valence-corrected chi connectivity index (χ0v) is 7.62. The van der Waals surface area contributed by atoms with Gasteiger partial charge in [0.2, 0.25) is 5.91 Å². The summed E-state index contributed by atoms with van der Waals surface area (Å²) in [4.78, 5) is 15.8. The van der Waals surface area contributed by atoms with E-state index >= 15 is 0 Å². The molecule has 12 heavy (non-hydrogen) atoms. The van der Waals surface area contributed by atoms with Gasteiger partial charge in [-0.05, 0) is 12.8 Å². The standard InChI is InChI=1S/C9H16N2O/c1-8(12)11-7-6-10-4-2-9(11)3-5-10/h9H,2-7H2,1H3. The van der Waals surface area contributed by atoms with Gasteiger partial charge in [-0.3, -0.25) is 4.79 Å². The molecule has 0 radical (unpaired) electrons. The van der Waals surface area contributed by atoms with Crippen LogP contribution in [0.1, 0.15) is 19.8 Å². The van der Waals surface area contributed by atoms with Crippen molar-refractivity contribution in [3.05, 3.63) is 0 Å². The largest absolute Gasteiger partial charge is 0.339 e. The molecule has 1 amide bonds. The number of piperidine rings is 1. The smallest absolute Gasteiger partial charge is 0.219 e. The first-order chi connectivity index (χ1) is 5.77. The first-order valence-corrected chi connectivity index (χ1v) is 4.77. The number of fused-ring (bicyclic) bond motifs is 4. The summed E-state index contributed by atoms with van der Waals surface area (Å²) >= 11 is 0. The van der Waals surface area contributed by atoms with E-state index in [1.54, 1.807) is 6.92 Å². The third-order valence-electron chi connectivity index (χ3n) is 3.06. The maximum atomic E-state index is 11.2. The van der Waals surface area contributed by atoms with E-state index in [0.717, 1.165) is 13.1 Å². The van der Waals surface area contributed by atoms with Crippen molar-refractivity contribution in [2.24, 2.45) is 0 Å². The van der Waals surface area contributed by atoms with E-state index < -0.39 is 0 Å². The van der Waals surface area contributed by atoms with E-state index in [-0.39, 0.29) is 5.91 Å². The Kier molecular flexibility index (Phi) is 2.05. The van der Waals surface area contributed by atoms with Crippen molar-refractivity contribution in [3.8, 4) is 0 Å². The summed E-state index contributed by atoms with van der Waals surface area (Å²) in [7, 11) is 0. The third-order valence-corrected chi connectivity index (χ3v) is 3.06. The molecule has 0 aliphatic carbocycles. The summed E-state index contributed by atoms with van der Waals surface area (Å²) in [6.07, 6.45) is 2.36. The topological polar surface area (TPSA) is 23.6 Å². The van der Waals surface area contributed by atoms with Crippen LogP contribution in [0.2, 0.25) is 0 Å². The second-order valence-corrected chi connectivity index (χ2v) is 3.79. The Morgan fingerprint density at radius 3 is 2.42 bits per heavy atom. The summed E-state index contributed by atoms with van der Waals surface area (Å²) in [6, 6.07) is 0.543. The summed E-state index contributed by atoms with van der Waals surface area (Å²) in [5, 5.41) is 0. The van der Waals surface area contributed by atoms with Crippen LogP contribution in [-0.4, -0.2) is 47.9 Å². The Bertz CT molecular complexity index is 185. The fourth-order valence-electron chi connectivity index (χ4n) is 2.30. The number of carbonyl (C=O) groups excluding carboxylic acids is 1. The molecule has 3 aliphatic rings. The van der Waals surface area contributed by atoms with Gasteiger partial charge < -0.3 is 9.80 Å². The fourth-order valence-corrected chi connectivity index (χ4v) is 2.30.